The minimum atomic E-state index is 0.479. The Bertz CT molecular complexity index is 797. The van der Waals surface area contributed by atoms with E-state index in [1.165, 1.54) is 0 Å². The van der Waals surface area contributed by atoms with Crippen LogP contribution in [0.5, 0.6) is 0 Å². The highest BCUT2D eigenvalue weighted by molar-refractivity contribution is 7.17. The maximum atomic E-state index is 5.64. The van der Waals surface area contributed by atoms with Crippen molar-refractivity contribution in [2.75, 3.05) is 36.9 Å². The lowest BCUT2D eigenvalue weighted by Crippen LogP contribution is -2.36. The van der Waals surface area contributed by atoms with E-state index in [-0.39, 0.29) is 0 Å². The zero-order chi connectivity index (χ0) is 14.9. The van der Waals surface area contributed by atoms with E-state index in [1.807, 2.05) is 6.07 Å². The number of nitrogens with two attached hydrogens (primary N) is 1. The fraction of sp³-hybridized carbons (Fsp3) is 0.286. The first-order valence-electron chi connectivity index (χ1n) is 6.97. The first-order valence-corrected chi connectivity index (χ1v) is 7.85. The molecule has 1 aliphatic rings. The summed E-state index contributed by atoms with van der Waals surface area (Å²) < 4.78 is 6.43. The summed E-state index contributed by atoms with van der Waals surface area (Å²) in [5, 5.41) is 0. The van der Waals surface area contributed by atoms with Crippen LogP contribution in [0.4, 0.5) is 11.6 Å². The molecular weight excluding hydrogens is 300 g/mol. The second kappa shape index (κ2) is 5.47. The molecule has 112 valence electrons. The molecule has 1 aliphatic heterocycles. The monoisotopic (exact) mass is 314 g/mol. The van der Waals surface area contributed by atoms with Crippen molar-refractivity contribution in [1.82, 2.24) is 19.9 Å². The third kappa shape index (κ3) is 2.36. The largest absolute Gasteiger partial charge is 0.384 e. The van der Waals surface area contributed by atoms with Gasteiger partial charge in [-0.1, -0.05) is 0 Å². The summed E-state index contributed by atoms with van der Waals surface area (Å²) in [5.74, 6) is 2.02. The van der Waals surface area contributed by atoms with E-state index in [1.54, 1.807) is 29.1 Å². The fourth-order valence-corrected chi connectivity index (χ4v) is 3.15. The molecule has 0 radical (unpaired) electrons. The normalized spacial score (nSPS) is 15.4. The number of pyridine rings is 1. The third-order valence-electron chi connectivity index (χ3n) is 3.53. The second-order valence-electron chi connectivity index (χ2n) is 4.95. The molecule has 0 amide bonds. The van der Waals surface area contributed by atoms with Crippen molar-refractivity contribution in [2.45, 2.75) is 0 Å². The molecule has 0 atom stereocenters. The number of rotatable bonds is 2. The maximum Gasteiger partial charge on any atom is 0.176 e. The Kier molecular flexibility index (Phi) is 3.32. The van der Waals surface area contributed by atoms with Gasteiger partial charge >= 0.3 is 0 Å². The van der Waals surface area contributed by atoms with Crippen LogP contribution in [0.25, 0.3) is 21.7 Å². The van der Waals surface area contributed by atoms with Gasteiger partial charge in [0.25, 0.3) is 0 Å². The molecule has 4 rings (SSSR count). The summed E-state index contributed by atoms with van der Waals surface area (Å²) in [7, 11) is 0. The standard InChI is InChI=1S/C14H14N6OS/c15-10-2-1-9(7-16-10)12-18-13-11(22-8-17-13)14(19-12)20-3-5-21-6-4-20/h1-2,7-8H,3-6H2,(H2,15,16). The number of anilines is 2. The Hall–Kier alpha value is -2.32. The number of morpholine rings is 1. The molecule has 3 aromatic heterocycles. The molecular formula is C14H14N6OS. The van der Waals surface area contributed by atoms with E-state index in [0.717, 1.165) is 29.2 Å². The van der Waals surface area contributed by atoms with Crippen molar-refractivity contribution in [3.63, 3.8) is 0 Å². The maximum absolute atomic E-state index is 5.64. The predicted molar refractivity (Wildman–Crippen MR) is 85.9 cm³/mol. The van der Waals surface area contributed by atoms with Crippen LogP contribution in [0.1, 0.15) is 0 Å². The Balaban J connectivity index is 1.84. The van der Waals surface area contributed by atoms with Gasteiger partial charge in [-0.2, -0.15) is 0 Å². The van der Waals surface area contributed by atoms with Gasteiger partial charge in [0.15, 0.2) is 17.3 Å². The second-order valence-corrected chi connectivity index (χ2v) is 5.80. The average Bonchev–Trinajstić information content (AvgIpc) is 3.04. The van der Waals surface area contributed by atoms with E-state index in [2.05, 4.69) is 19.9 Å². The Morgan fingerprint density at radius 2 is 2.00 bits per heavy atom. The number of thiazole rings is 1. The van der Waals surface area contributed by atoms with Gasteiger partial charge in [0, 0.05) is 24.8 Å². The summed E-state index contributed by atoms with van der Waals surface area (Å²) in [6, 6.07) is 3.62. The molecule has 0 spiro atoms. The van der Waals surface area contributed by atoms with Crippen LogP contribution in [0.2, 0.25) is 0 Å². The van der Waals surface area contributed by atoms with Gasteiger partial charge < -0.3 is 15.4 Å². The van der Waals surface area contributed by atoms with Crippen molar-refractivity contribution in [3.8, 4) is 11.4 Å². The van der Waals surface area contributed by atoms with E-state index >= 15 is 0 Å². The number of hydrogen-bond acceptors (Lipinski definition) is 8. The first-order chi connectivity index (χ1) is 10.8. The molecule has 0 bridgehead atoms. The molecule has 0 aromatic carbocycles. The number of hydrogen-bond donors (Lipinski definition) is 1. The number of fused-ring (bicyclic) bond motifs is 1. The third-order valence-corrected chi connectivity index (χ3v) is 4.34. The van der Waals surface area contributed by atoms with Gasteiger partial charge in [-0.05, 0) is 12.1 Å². The molecule has 0 aliphatic carbocycles. The highest BCUT2D eigenvalue weighted by Crippen LogP contribution is 2.30. The molecule has 1 saturated heterocycles. The smallest absolute Gasteiger partial charge is 0.176 e. The number of ether oxygens (including phenoxy) is 1. The molecule has 0 unspecified atom stereocenters. The summed E-state index contributed by atoms with van der Waals surface area (Å²) in [4.78, 5) is 20.0. The molecule has 7 nitrogen and oxygen atoms in total. The van der Waals surface area contributed by atoms with E-state index in [0.29, 0.717) is 30.5 Å². The summed E-state index contributed by atoms with van der Waals surface area (Å²) in [5.41, 5.74) is 8.99. The average molecular weight is 314 g/mol. The van der Waals surface area contributed by atoms with Crippen LogP contribution in [0.15, 0.2) is 23.8 Å². The lowest BCUT2D eigenvalue weighted by Gasteiger charge is -2.28. The molecule has 22 heavy (non-hydrogen) atoms. The Labute approximate surface area is 130 Å². The van der Waals surface area contributed by atoms with Crippen LogP contribution >= 0.6 is 11.3 Å². The minimum absolute atomic E-state index is 0.479. The van der Waals surface area contributed by atoms with E-state index in [4.69, 9.17) is 15.5 Å². The molecule has 1 fully saturated rings. The first kappa shape index (κ1) is 13.4. The zero-order valence-corrected chi connectivity index (χ0v) is 12.6. The lowest BCUT2D eigenvalue weighted by atomic mass is 10.2. The summed E-state index contributed by atoms with van der Waals surface area (Å²) in [6.45, 7) is 3.07. The topological polar surface area (TPSA) is 90.0 Å². The van der Waals surface area contributed by atoms with Crippen LogP contribution in [-0.2, 0) is 4.74 Å². The molecule has 2 N–H and O–H groups in total. The minimum Gasteiger partial charge on any atom is -0.384 e. The molecule has 3 aromatic rings. The number of aromatic nitrogens is 4. The van der Waals surface area contributed by atoms with Crippen molar-refractivity contribution in [3.05, 3.63) is 23.8 Å². The number of nitrogen functional groups attached to an aromatic ring is 1. The summed E-state index contributed by atoms with van der Waals surface area (Å²) >= 11 is 1.56. The van der Waals surface area contributed by atoms with Gasteiger partial charge in [-0.15, -0.1) is 11.3 Å². The number of nitrogens with zero attached hydrogens (tertiary/aromatic N) is 5. The SMILES string of the molecule is Nc1ccc(-c2nc(N3CCOCC3)c3scnc3n2)cn1. The van der Waals surface area contributed by atoms with Crippen molar-refractivity contribution in [1.29, 1.82) is 0 Å². The lowest BCUT2D eigenvalue weighted by molar-refractivity contribution is 0.122. The van der Waals surface area contributed by atoms with Gasteiger partial charge in [0.05, 0.1) is 18.7 Å². The predicted octanol–water partition coefficient (Wildman–Crippen LogP) is 1.57. The Morgan fingerprint density at radius 1 is 1.14 bits per heavy atom. The van der Waals surface area contributed by atoms with Gasteiger partial charge in [0.1, 0.15) is 10.5 Å². The van der Waals surface area contributed by atoms with Crippen LogP contribution in [-0.4, -0.2) is 46.2 Å². The van der Waals surface area contributed by atoms with Crippen LogP contribution in [0.3, 0.4) is 0 Å². The van der Waals surface area contributed by atoms with Crippen LogP contribution in [0, 0.1) is 0 Å². The van der Waals surface area contributed by atoms with Crippen LogP contribution < -0.4 is 10.6 Å². The molecule has 4 heterocycles. The highest BCUT2D eigenvalue weighted by atomic mass is 32.1. The van der Waals surface area contributed by atoms with Gasteiger partial charge in [-0.3, -0.25) is 0 Å². The van der Waals surface area contributed by atoms with E-state index in [9.17, 15) is 0 Å². The summed E-state index contributed by atoms with van der Waals surface area (Å²) in [6.07, 6.45) is 1.69. The van der Waals surface area contributed by atoms with E-state index < -0.39 is 0 Å². The van der Waals surface area contributed by atoms with Gasteiger partial charge in [-0.25, -0.2) is 19.9 Å². The zero-order valence-electron chi connectivity index (χ0n) is 11.8. The van der Waals surface area contributed by atoms with Gasteiger partial charge in [0.2, 0.25) is 0 Å². The molecule has 0 saturated carbocycles. The van der Waals surface area contributed by atoms with Crippen molar-refractivity contribution in [2.24, 2.45) is 0 Å². The van der Waals surface area contributed by atoms with Crippen molar-refractivity contribution < 1.29 is 4.74 Å². The quantitative estimate of drug-likeness (QED) is 0.767. The highest BCUT2D eigenvalue weighted by Gasteiger charge is 2.19. The Morgan fingerprint density at radius 3 is 2.77 bits per heavy atom. The van der Waals surface area contributed by atoms with Crippen molar-refractivity contribution >= 4 is 33.3 Å². The molecule has 8 heteroatoms. The fourth-order valence-electron chi connectivity index (χ4n) is 2.41.